The largest absolute Gasteiger partial charge is 0.497 e. The summed E-state index contributed by atoms with van der Waals surface area (Å²) in [6.07, 6.45) is 2.79. The third-order valence-electron chi connectivity index (χ3n) is 3.96. The first-order valence-corrected chi connectivity index (χ1v) is 10.2. The lowest BCUT2D eigenvalue weighted by molar-refractivity contribution is -0.394. The lowest BCUT2D eigenvalue weighted by atomic mass is 10.1. The van der Waals surface area contributed by atoms with Gasteiger partial charge in [-0.2, -0.15) is 0 Å². The molecule has 0 radical (unpaired) electrons. The normalized spacial score (nSPS) is 11.7. The molecule has 2 aromatic carbocycles. The summed E-state index contributed by atoms with van der Waals surface area (Å²) in [5.41, 5.74) is -0.852. The van der Waals surface area contributed by atoms with Crippen LogP contribution in [0.2, 0.25) is 0 Å². The first kappa shape index (κ1) is 22.0. The standard InChI is InChI=1S/C19H20N2O7S/c1-13(2)12-29(26,27)19-11-15(20(22)23)10-18(21(24)25)17(19)9-6-14-4-7-16(28-3)8-5-14/h4-11,13H,12H2,1-3H3/b9-6+. The van der Waals surface area contributed by atoms with Gasteiger partial charge >= 0.3 is 0 Å². The lowest BCUT2D eigenvalue weighted by Crippen LogP contribution is -2.14. The maximum atomic E-state index is 12.8. The number of benzene rings is 2. The molecule has 154 valence electrons. The van der Waals surface area contributed by atoms with Gasteiger partial charge in [-0.15, -0.1) is 0 Å². The van der Waals surface area contributed by atoms with Gasteiger partial charge in [-0.1, -0.05) is 32.1 Å². The SMILES string of the molecule is COc1ccc(/C=C/c2c([N+](=O)[O-])cc([N+](=O)[O-])cc2S(=O)(=O)CC(C)C)cc1. The number of rotatable bonds is 8. The van der Waals surface area contributed by atoms with Crippen molar-refractivity contribution in [3.63, 3.8) is 0 Å². The van der Waals surface area contributed by atoms with Crippen molar-refractivity contribution in [2.75, 3.05) is 12.9 Å². The van der Waals surface area contributed by atoms with Crippen LogP contribution in [0.15, 0.2) is 41.3 Å². The maximum Gasteiger partial charge on any atom is 0.284 e. The lowest BCUT2D eigenvalue weighted by Gasteiger charge is -2.11. The molecule has 0 aromatic heterocycles. The number of nitrogens with zero attached hydrogens (tertiary/aromatic N) is 2. The van der Waals surface area contributed by atoms with Gasteiger partial charge in [0.2, 0.25) is 0 Å². The van der Waals surface area contributed by atoms with E-state index in [4.69, 9.17) is 4.74 Å². The fourth-order valence-electron chi connectivity index (χ4n) is 2.70. The van der Waals surface area contributed by atoms with Crippen molar-refractivity contribution in [3.8, 4) is 5.75 Å². The minimum Gasteiger partial charge on any atom is -0.497 e. The van der Waals surface area contributed by atoms with E-state index in [-0.39, 0.29) is 17.2 Å². The van der Waals surface area contributed by atoms with Crippen molar-refractivity contribution < 1.29 is 23.0 Å². The molecule has 0 aliphatic heterocycles. The molecule has 0 saturated heterocycles. The molecule has 0 spiro atoms. The van der Waals surface area contributed by atoms with E-state index < -0.39 is 36.0 Å². The Morgan fingerprint density at radius 2 is 1.66 bits per heavy atom. The number of ether oxygens (including phenoxy) is 1. The molecule has 0 aliphatic rings. The van der Waals surface area contributed by atoms with Gasteiger partial charge in [0.1, 0.15) is 5.75 Å². The topological polar surface area (TPSA) is 130 Å². The van der Waals surface area contributed by atoms with Gasteiger partial charge in [0, 0.05) is 6.07 Å². The summed E-state index contributed by atoms with van der Waals surface area (Å²) in [5, 5.41) is 22.7. The molecule has 0 atom stereocenters. The Morgan fingerprint density at radius 3 is 2.14 bits per heavy atom. The molecule has 0 N–H and O–H groups in total. The number of nitro benzene ring substituents is 2. The summed E-state index contributed by atoms with van der Waals surface area (Å²) in [4.78, 5) is 20.6. The van der Waals surface area contributed by atoms with Gasteiger partial charge in [0.05, 0.1) is 39.2 Å². The first-order valence-electron chi connectivity index (χ1n) is 8.57. The summed E-state index contributed by atoms with van der Waals surface area (Å²) in [7, 11) is -2.49. The molecule has 0 unspecified atom stereocenters. The van der Waals surface area contributed by atoms with Gasteiger partial charge in [-0.3, -0.25) is 20.2 Å². The molecule has 10 heteroatoms. The minimum atomic E-state index is -4.00. The van der Waals surface area contributed by atoms with E-state index in [1.807, 2.05) is 0 Å². The number of non-ortho nitro benzene ring substituents is 1. The molecule has 0 saturated carbocycles. The van der Waals surface area contributed by atoms with E-state index in [0.717, 1.165) is 12.1 Å². The number of hydrogen-bond acceptors (Lipinski definition) is 7. The molecular formula is C19H20N2O7S. The zero-order valence-corrected chi connectivity index (χ0v) is 16.9. The van der Waals surface area contributed by atoms with Crippen LogP contribution in [-0.2, 0) is 9.84 Å². The van der Waals surface area contributed by atoms with E-state index in [1.165, 1.54) is 19.3 Å². The van der Waals surface area contributed by atoms with Crippen LogP contribution < -0.4 is 4.74 Å². The van der Waals surface area contributed by atoms with Gasteiger partial charge in [-0.25, -0.2) is 8.42 Å². The van der Waals surface area contributed by atoms with Crippen LogP contribution in [0.3, 0.4) is 0 Å². The highest BCUT2D eigenvalue weighted by atomic mass is 32.2. The molecule has 0 fully saturated rings. The molecule has 0 heterocycles. The summed E-state index contributed by atoms with van der Waals surface area (Å²) in [6.45, 7) is 3.35. The van der Waals surface area contributed by atoms with Crippen molar-refractivity contribution >= 4 is 33.4 Å². The Kier molecular flexibility index (Phi) is 6.70. The fourth-order valence-corrected chi connectivity index (χ4v) is 4.57. The first-order chi connectivity index (χ1) is 13.5. The van der Waals surface area contributed by atoms with Gasteiger partial charge in [0.15, 0.2) is 9.84 Å². The summed E-state index contributed by atoms with van der Waals surface area (Å²) in [6, 6.07) is 8.38. The van der Waals surface area contributed by atoms with Crippen LogP contribution in [0.1, 0.15) is 25.0 Å². The maximum absolute atomic E-state index is 12.8. The molecule has 9 nitrogen and oxygen atoms in total. The Bertz CT molecular complexity index is 1060. The molecular weight excluding hydrogens is 400 g/mol. The van der Waals surface area contributed by atoms with Crippen molar-refractivity contribution in [3.05, 3.63) is 67.8 Å². The molecule has 0 aliphatic carbocycles. The smallest absolute Gasteiger partial charge is 0.284 e. The highest BCUT2D eigenvalue weighted by Gasteiger charge is 2.29. The Labute approximate surface area is 167 Å². The zero-order valence-electron chi connectivity index (χ0n) is 16.1. The number of sulfone groups is 1. The second kappa shape index (κ2) is 8.82. The predicted molar refractivity (Wildman–Crippen MR) is 109 cm³/mol. The average Bonchev–Trinajstić information content (AvgIpc) is 2.64. The third kappa shape index (κ3) is 5.38. The van der Waals surface area contributed by atoms with Crippen LogP contribution in [0, 0.1) is 26.1 Å². The minimum absolute atomic E-state index is 0.197. The van der Waals surface area contributed by atoms with Crippen LogP contribution in [0.25, 0.3) is 12.2 Å². The molecule has 2 aromatic rings. The van der Waals surface area contributed by atoms with Gasteiger partial charge in [-0.05, 0) is 29.7 Å². The molecule has 29 heavy (non-hydrogen) atoms. The molecule has 2 rings (SSSR count). The fraction of sp³-hybridized carbons (Fsp3) is 0.263. The average molecular weight is 420 g/mol. The van der Waals surface area contributed by atoms with Gasteiger partial charge < -0.3 is 4.74 Å². The van der Waals surface area contributed by atoms with E-state index in [0.29, 0.717) is 11.3 Å². The Morgan fingerprint density at radius 1 is 1.03 bits per heavy atom. The second-order valence-electron chi connectivity index (χ2n) is 6.67. The van der Waals surface area contributed by atoms with Gasteiger partial charge in [0.25, 0.3) is 11.4 Å². The second-order valence-corrected chi connectivity index (χ2v) is 8.68. The van der Waals surface area contributed by atoms with Crippen LogP contribution in [-0.4, -0.2) is 31.1 Å². The third-order valence-corrected chi connectivity index (χ3v) is 6.07. The Balaban J connectivity index is 2.70. The number of methoxy groups -OCH3 is 1. The van der Waals surface area contributed by atoms with E-state index in [2.05, 4.69) is 0 Å². The predicted octanol–water partition coefficient (Wildman–Crippen LogP) is 4.11. The van der Waals surface area contributed by atoms with E-state index in [1.54, 1.807) is 38.1 Å². The molecule has 0 amide bonds. The Hall–Kier alpha value is -3.27. The van der Waals surface area contributed by atoms with Crippen molar-refractivity contribution in [2.45, 2.75) is 18.7 Å². The zero-order chi connectivity index (χ0) is 21.8. The van der Waals surface area contributed by atoms with Crippen molar-refractivity contribution in [2.24, 2.45) is 5.92 Å². The summed E-state index contributed by atoms with van der Waals surface area (Å²) >= 11 is 0. The van der Waals surface area contributed by atoms with E-state index in [9.17, 15) is 28.6 Å². The highest BCUT2D eigenvalue weighted by Crippen LogP contribution is 2.34. The molecule has 0 bridgehead atoms. The van der Waals surface area contributed by atoms with E-state index >= 15 is 0 Å². The summed E-state index contributed by atoms with van der Waals surface area (Å²) in [5.74, 6) is 0.0507. The van der Waals surface area contributed by atoms with Crippen LogP contribution in [0.4, 0.5) is 11.4 Å². The number of nitro groups is 2. The van der Waals surface area contributed by atoms with Crippen LogP contribution in [0.5, 0.6) is 5.75 Å². The number of hydrogen-bond donors (Lipinski definition) is 0. The van der Waals surface area contributed by atoms with Crippen LogP contribution >= 0.6 is 0 Å². The monoisotopic (exact) mass is 420 g/mol. The quantitative estimate of drug-likeness (QED) is 0.357. The van der Waals surface area contributed by atoms with Crippen molar-refractivity contribution in [1.82, 2.24) is 0 Å². The summed E-state index contributed by atoms with van der Waals surface area (Å²) < 4.78 is 30.7. The highest BCUT2D eigenvalue weighted by molar-refractivity contribution is 7.91. The van der Waals surface area contributed by atoms with Crippen molar-refractivity contribution in [1.29, 1.82) is 0 Å².